The molecule has 2 aliphatic rings. The van der Waals surface area contributed by atoms with Crippen molar-refractivity contribution < 1.29 is 9.59 Å². The van der Waals surface area contributed by atoms with Crippen LogP contribution in [0.1, 0.15) is 28.8 Å². The van der Waals surface area contributed by atoms with Crippen LogP contribution in [-0.2, 0) is 4.79 Å². The largest absolute Gasteiger partial charge is 0.337 e. The molecule has 1 aromatic heterocycles. The monoisotopic (exact) mass is 368 g/mol. The molecule has 1 aromatic carbocycles. The summed E-state index contributed by atoms with van der Waals surface area (Å²) in [6.07, 6.45) is 5.00. The Balaban J connectivity index is 1.49. The van der Waals surface area contributed by atoms with Gasteiger partial charge in [0, 0.05) is 37.8 Å². The van der Waals surface area contributed by atoms with Gasteiger partial charge in [0.1, 0.15) is 12.7 Å². The van der Waals surface area contributed by atoms with Crippen LogP contribution in [-0.4, -0.2) is 75.1 Å². The van der Waals surface area contributed by atoms with Crippen molar-refractivity contribution in [1.29, 1.82) is 0 Å². The standard InChI is InChI=1S/C19H24N6O2/c1-14-9-15(25-13-21-12-22-25)4-5-17(14)19(27)23-7-2-3-16(11-23)24-8-6-20-10-18(24)26/h4-5,9,12-13,16,20H,2-3,6-8,10-11H2,1H3. The lowest BCUT2D eigenvalue weighted by Gasteiger charge is -2.41. The lowest BCUT2D eigenvalue weighted by molar-refractivity contribution is -0.135. The summed E-state index contributed by atoms with van der Waals surface area (Å²) >= 11 is 0. The number of carbonyl (C=O) groups excluding carboxylic acids is 2. The number of nitrogens with one attached hydrogen (secondary N) is 1. The maximum atomic E-state index is 13.1. The van der Waals surface area contributed by atoms with Gasteiger partial charge in [0.15, 0.2) is 0 Å². The van der Waals surface area contributed by atoms with Gasteiger partial charge in [-0.15, -0.1) is 0 Å². The Morgan fingerprint density at radius 1 is 1.30 bits per heavy atom. The molecule has 1 N–H and O–H groups in total. The number of hydrogen-bond acceptors (Lipinski definition) is 5. The first-order valence-corrected chi connectivity index (χ1v) is 9.38. The van der Waals surface area contributed by atoms with E-state index in [9.17, 15) is 9.59 Å². The highest BCUT2D eigenvalue weighted by Crippen LogP contribution is 2.21. The molecule has 2 saturated heterocycles. The van der Waals surface area contributed by atoms with Gasteiger partial charge in [0.2, 0.25) is 5.91 Å². The summed E-state index contributed by atoms with van der Waals surface area (Å²) in [5.41, 5.74) is 2.49. The Bertz CT molecular complexity index is 835. The molecular formula is C19H24N6O2. The van der Waals surface area contributed by atoms with Crippen LogP contribution in [0.5, 0.6) is 0 Å². The Morgan fingerprint density at radius 2 is 2.19 bits per heavy atom. The summed E-state index contributed by atoms with van der Waals surface area (Å²) in [5.74, 6) is 0.166. The average Bonchev–Trinajstić information content (AvgIpc) is 3.23. The lowest BCUT2D eigenvalue weighted by Crippen LogP contribution is -2.57. The Hall–Kier alpha value is -2.74. The minimum Gasteiger partial charge on any atom is -0.337 e. The van der Waals surface area contributed by atoms with Crippen LogP contribution in [0.15, 0.2) is 30.9 Å². The predicted molar refractivity (Wildman–Crippen MR) is 99.6 cm³/mol. The first kappa shape index (κ1) is 17.7. The third-order valence-corrected chi connectivity index (χ3v) is 5.37. The van der Waals surface area contributed by atoms with Crippen LogP contribution in [0.25, 0.3) is 5.69 Å². The number of likely N-dealkylation sites (tertiary alicyclic amines) is 1. The van der Waals surface area contributed by atoms with Crippen molar-refractivity contribution in [3.05, 3.63) is 42.0 Å². The molecule has 1 unspecified atom stereocenters. The summed E-state index contributed by atoms with van der Waals surface area (Å²) in [7, 11) is 0. The van der Waals surface area contributed by atoms with Crippen molar-refractivity contribution in [2.45, 2.75) is 25.8 Å². The number of aryl methyl sites for hydroxylation is 1. The van der Waals surface area contributed by atoms with Gasteiger partial charge < -0.3 is 15.1 Å². The molecule has 2 amide bonds. The second-order valence-corrected chi connectivity index (χ2v) is 7.15. The zero-order chi connectivity index (χ0) is 18.8. The normalized spacial score (nSPS) is 20.8. The highest BCUT2D eigenvalue weighted by atomic mass is 16.2. The molecule has 0 aliphatic carbocycles. The molecule has 2 fully saturated rings. The van der Waals surface area contributed by atoms with Crippen molar-refractivity contribution >= 4 is 11.8 Å². The van der Waals surface area contributed by atoms with Crippen molar-refractivity contribution in [2.24, 2.45) is 0 Å². The van der Waals surface area contributed by atoms with E-state index >= 15 is 0 Å². The van der Waals surface area contributed by atoms with Crippen LogP contribution in [0.2, 0.25) is 0 Å². The van der Waals surface area contributed by atoms with Crippen molar-refractivity contribution in [1.82, 2.24) is 29.9 Å². The zero-order valence-electron chi connectivity index (χ0n) is 15.5. The Labute approximate surface area is 158 Å². The SMILES string of the molecule is Cc1cc(-n2cncn2)ccc1C(=O)N1CCCC(N2CCNCC2=O)C1. The quantitative estimate of drug-likeness (QED) is 0.858. The van der Waals surface area contributed by atoms with Gasteiger partial charge >= 0.3 is 0 Å². The fourth-order valence-electron chi connectivity index (χ4n) is 3.94. The molecule has 8 nitrogen and oxygen atoms in total. The molecule has 0 saturated carbocycles. The smallest absolute Gasteiger partial charge is 0.254 e. The van der Waals surface area contributed by atoms with Gasteiger partial charge in [-0.3, -0.25) is 9.59 Å². The molecule has 0 spiro atoms. The van der Waals surface area contributed by atoms with Gasteiger partial charge in [-0.25, -0.2) is 9.67 Å². The molecule has 1 atom stereocenters. The van der Waals surface area contributed by atoms with Crippen LogP contribution in [0.4, 0.5) is 0 Å². The molecule has 0 radical (unpaired) electrons. The highest BCUT2D eigenvalue weighted by molar-refractivity contribution is 5.96. The first-order valence-electron chi connectivity index (χ1n) is 9.38. The number of nitrogens with zero attached hydrogens (tertiary/aromatic N) is 5. The third kappa shape index (κ3) is 3.57. The number of carbonyl (C=O) groups is 2. The van der Waals surface area contributed by atoms with E-state index in [-0.39, 0.29) is 17.9 Å². The minimum atomic E-state index is 0.0323. The van der Waals surface area contributed by atoms with Crippen LogP contribution in [0.3, 0.4) is 0 Å². The fourth-order valence-corrected chi connectivity index (χ4v) is 3.94. The number of amides is 2. The van der Waals surface area contributed by atoms with E-state index < -0.39 is 0 Å². The van der Waals surface area contributed by atoms with E-state index in [1.54, 1.807) is 11.0 Å². The average molecular weight is 368 g/mol. The Kier molecular flexibility index (Phi) is 4.89. The molecule has 2 aromatic rings. The van der Waals surface area contributed by atoms with Crippen LogP contribution >= 0.6 is 0 Å². The molecule has 142 valence electrons. The van der Waals surface area contributed by atoms with Gasteiger partial charge in [-0.1, -0.05) is 0 Å². The van der Waals surface area contributed by atoms with Gasteiger partial charge in [0.25, 0.3) is 5.91 Å². The van der Waals surface area contributed by atoms with Crippen molar-refractivity contribution in [3.63, 3.8) is 0 Å². The second kappa shape index (κ2) is 7.48. The second-order valence-electron chi connectivity index (χ2n) is 7.15. The maximum absolute atomic E-state index is 13.1. The van der Waals surface area contributed by atoms with Gasteiger partial charge in [-0.2, -0.15) is 5.10 Å². The highest BCUT2D eigenvalue weighted by Gasteiger charge is 2.32. The van der Waals surface area contributed by atoms with Gasteiger partial charge in [-0.05, 0) is 43.5 Å². The zero-order valence-corrected chi connectivity index (χ0v) is 15.5. The van der Waals surface area contributed by atoms with Crippen molar-refractivity contribution in [2.75, 3.05) is 32.7 Å². The van der Waals surface area contributed by atoms with E-state index in [1.165, 1.54) is 6.33 Å². The molecule has 2 aliphatic heterocycles. The third-order valence-electron chi connectivity index (χ3n) is 5.37. The van der Waals surface area contributed by atoms with E-state index in [2.05, 4.69) is 15.4 Å². The first-order chi connectivity index (χ1) is 13.1. The van der Waals surface area contributed by atoms with Crippen LogP contribution < -0.4 is 5.32 Å². The number of piperidine rings is 1. The molecule has 0 bridgehead atoms. The predicted octanol–water partition coefficient (Wildman–Crippen LogP) is 0.612. The number of piperazine rings is 1. The summed E-state index contributed by atoms with van der Waals surface area (Å²) in [6, 6.07) is 5.81. The van der Waals surface area contributed by atoms with E-state index in [0.717, 1.165) is 43.7 Å². The molecule has 27 heavy (non-hydrogen) atoms. The topological polar surface area (TPSA) is 83.4 Å². The number of hydrogen-bond donors (Lipinski definition) is 1. The van der Waals surface area contributed by atoms with Gasteiger partial charge in [0.05, 0.1) is 12.2 Å². The summed E-state index contributed by atoms with van der Waals surface area (Å²) < 4.78 is 1.67. The number of rotatable bonds is 3. The van der Waals surface area contributed by atoms with E-state index in [0.29, 0.717) is 18.7 Å². The lowest BCUT2D eigenvalue weighted by atomic mass is 10.0. The Morgan fingerprint density at radius 3 is 2.93 bits per heavy atom. The minimum absolute atomic E-state index is 0.0323. The molecule has 8 heteroatoms. The number of aromatic nitrogens is 3. The molecule has 3 heterocycles. The van der Waals surface area contributed by atoms with E-state index in [1.807, 2.05) is 34.9 Å². The van der Waals surface area contributed by atoms with Crippen LogP contribution in [0, 0.1) is 6.92 Å². The summed E-state index contributed by atoms with van der Waals surface area (Å²) in [6.45, 7) is 5.22. The molecular weight excluding hydrogens is 344 g/mol. The molecule has 4 rings (SSSR count). The fraction of sp³-hybridized carbons (Fsp3) is 0.474. The van der Waals surface area contributed by atoms with E-state index in [4.69, 9.17) is 0 Å². The van der Waals surface area contributed by atoms with Crippen molar-refractivity contribution in [3.8, 4) is 5.69 Å². The summed E-state index contributed by atoms with van der Waals surface area (Å²) in [4.78, 5) is 33.1. The maximum Gasteiger partial charge on any atom is 0.254 e. The number of benzene rings is 1. The summed E-state index contributed by atoms with van der Waals surface area (Å²) in [5, 5.41) is 7.23.